The van der Waals surface area contributed by atoms with E-state index in [9.17, 15) is 4.79 Å². The zero-order chi connectivity index (χ0) is 11.4. The number of esters is 1. The van der Waals surface area contributed by atoms with Gasteiger partial charge in [-0.25, -0.2) is 0 Å². The van der Waals surface area contributed by atoms with E-state index in [4.69, 9.17) is 4.74 Å². The fourth-order valence-electron chi connectivity index (χ4n) is 2.04. The van der Waals surface area contributed by atoms with E-state index in [2.05, 4.69) is 16.9 Å². The molecule has 3 heteroatoms. The van der Waals surface area contributed by atoms with Crippen LogP contribution in [0.1, 0.15) is 30.9 Å². The monoisotopic (exact) mass is 220 g/mol. The summed E-state index contributed by atoms with van der Waals surface area (Å²) in [6.07, 6.45) is 2.41. The molecule has 0 aromatic heterocycles. The minimum Gasteiger partial charge on any atom is -0.469 e. The van der Waals surface area contributed by atoms with Crippen LogP contribution >= 0.6 is 0 Å². The highest BCUT2D eigenvalue weighted by molar-refractivity contribution is 5.69. The lowest BCUT2D eigenvalue weighted by Crippen LogP contribution is -2.14. The summed E-state index contributed by atoms with van der Waals surface area (Å²) in [7, 11) is 1.41. The zero-order valence-corrected chi connectivity index (χ0v) is 9.39. The van der Waals surface area contributed by atoms with Crippen LogP contribution in [0.15, 0.2) is 30.3 Å². The van der Waals surface area contributed by atoms with E-state index in [1.54, 1.807) is 0 Å². The van der Waals surface area contributed by atoms with E-state index >= 15 is 0 Å². The number of carbonyl (C=O) groups is 1. The van der Waals surface area contributed by atoms with Crippen molar-refractivity contribution in [2.45, 2.75) is 31.5 Å². The van der Waals surface area contributed by atoms with Gasteiger partial charge in [-0.3, -0.25) is 4.79 Å². The first-order chi connectivity index (χ1) is 7.79. The lowest BCUT2D eigenvalue weighted by Gasteiger charge is -2.12. The first-order valence-corrected chi connectivity index (χ1v) is 5.57. The third kappa shape index (κ3) is 2.61. The standard InChI is InChI=1S/C13H16O3/c1-15-13(14)9-11-7-8-12(16-11)10-5-3-2-4-6-10/h2-6,11-12H,7-9H2,1H3/t11-,12-/m0/s1. The van der Waals surface area contributed by atoms with Gasteiger partial charge in [-0.15, -0.1) is 0 Å². The van der Waals surface area contributed by atoms with Crippen molar-refractivity contribution in [1.82, 2.24) is 0 Å². The maximum atomic E-state index is 11.1. The summed E-state index contributed by atoms with van der Waals surface area (Å²) < 4.78 is 10.5. The van der Waals surface area contributed by atoms with E-state index in [1.165, 1.54) is 12.7 Å². The van der Waals surface area contributed by atoms with E-state index < -0.39 is 0 Å². The molecule has 1 aromatic carbocycles. The smallest absolute Gasteiger partial charge is 0.308 e. The number of ether oxygens (including phenoxy) is 2. The van der Waals surface area contributed by atoms with Crippen LogP contribution < -0.4 is 0 Å². The van der Waals surface area contributed by atoms with Gasteiger partial charge in [0.25, 0.3) is 0 Å². The number of hydrogen-bond acceptors (Lipinski definition) is 3. The summed E-state index contributed by atoms with van der Waals surface area (Å²) in [6.45, 7) is 0. The van der Waals surface area contributed by atoms with Gasteiger partial charge >= 0.3 is 5.97 Å². The van der Waals surface area contributed by atoms with Crippen molar-refractivity contribution < 1.29 is 14.3 Å². The zero-order valence-electron chi connectivity index (χ0n) is 9.39. The summed E-state index contributed by atoms with van der Waals surface area (Å²) in [5.74, 6) is -0.196. The topological polar surface area (TPSA) is 35.5 Å². The van der Waals surface area contributed by atoms with Gasteiger partial charge in [0.05, 0.1) is 25.7 Å². The molecule has 1 heterocycles. The van der Waals surface area contributed by atoms with Gasteiger partial charge in [-0.05, 0) is 18.4 Å². The molecule has 0 saturated carbocycles. The van der Waals surface area contributed by atoms with Crippen LogP contribution in [0.25, 0.3) is 0 Å². The number of carbonyl (C=O) groups excluding carboxylic acids is 1. The summed E-state index contributed by atoms with van der Waals surface area (Å²) >= 11 is 0. The molecule has 1 aromatic rings. The van der Waals surface area contributed by atoms with E-state index in [-0.39, 0.29) is 18.2 Å². The maximum absolute atomic E-state index is 11.1. The molecule has 2 atom stereocenters. The van der Waals surface area contributed by atoms with Crippen LogP contribution in [-0.4, -0.2) is 19.2 Å². The van der Waals surface area contributed by atoms with Gasteiger partial charge in [0.1, 0.15) is 0 Å². The normalized spacial score (nSPS) is 24.3. The third-order valence-corrected chi connectivity index (χ3v) is 2.90. The molecule has 1 aliphatic rings. The van der Waals surface area contributed by atoms with Crippen molar-refractivity contribution in [1.29, 1.82) is 0 Å². The fourth-order valence-corrected chi connectivity index (χ4v) is 2.04. The second-order valence-electron chi connectivity index (χ2n) is 4.02. The van der Waals surface area contributed by atoms with Crippen LogP contribution in [0.5, 0.6) is 0 Å². The maximum Gasteiger partial charge on any atom is 0.308 e. The molecule has 86 valence electrons. The molecule has 0 unspecified atom stereocenters. The molecule has 3 nitrogen and oxygen atoms in total. The van der Waals surface area contributed by atoms with Crippen molar-refractivity contribution in [3.63, 3.8) is 0 Å². The Hall–Kier alpha value is -1.35. The van der Waals surface area contributed by atoms with E-state index in [0.29, 0.717) is 6.42 Å². The van der Waals surface area contributed by atoms with Crippen LogP contribution in [0.4, 0.5) is 0 Å². The summed E-state index contributed by atoms with van der Waals surface area (Å²) in [5, 5.41) is 0. The number of rotatable bonds is 3. The Morgan fingerprint density at radius 3 is 2.81 bits per heavy atom. The van der Waals surface area contributed by atoms with Crippen LogP contribution in [0.3, 0.4) is 0 Å². The number of hydrogen-bond donors (Lipinski definition) is 0. The Morgan fingerprint density at radius 1 is 1.38 bits per heavy atom. The predicted molar refractivity (Wildman–Crippen MR) is 59.9 cm³/mol. The molecule has 1 saturated heterocycles. The fraction of sp³-hybridized carbons (Fsp3) is 0.462. The highest BCUT2D eigenvalue weighted by Crippen LogP contribution is 2.33. The molecule has 1 aliphatic heterocycles. The molecule has 0 N–H and O–H groups in total. The van der Waals surface area contributed by atoms with Gasteiger partial charge in [0.15, 0.2) is 0 Å². The minimum absolute atomic E-state index is 0.0117. The Morgan fingerprint density at radius 2 is 2.12 bits per heavy atom. The Labute approximate surface area is 95.4 Å². The molecule has 16 heavy (non-hydrogen) atoms. The lowest BCUT2D eigenvalue weighted by atomic mass is 10.1. The first kappa shape index (κ1) is 11.1. The molecule has 0 spiro atoms. The van der Waals surface area contributed by atoms with Gasteiger partial charge in [-0.1, -0.05) is 30.3 Å². The molecule has 1 fully saturated rings. The molecule has 0 radical (unpaired) electrons. The van der Waals surface area contributed by atoms with Crippen molar-refractivity contribution >= 4 is 5.97 Å². The average molecular weight is 220 g/mol. The van der Waals surface area contributed by atoms with Crippen LogP contribution in [-0.2, 0) is 14.3 Å². The average Bonchev–Trinajstić information content (AvgIpc) is 2.78. The van der Waals surface area contributed by atoms with E-state index in [1.807, 2.05) is 18.2 Å². The SMILES string of the molecule is COC(=O)C[C@@H]1CC[C@@H](c2ccccc2)O1. The lowest BCUT2D eigenvalue weighted by molar-refractivity contribution is -0.143. The Kier molecular flexibility index (Phi) is 3.57. The molecule has 0 aliphatic carbocycles. The van der Waals surface area contributed by atoms with Crippen molar-refractivity contribution in [2.24, 2.45) is 0 Å². The number of benzene rings is 1. The van der Waals surface area contributed by atoms with Gasteiger partial charge in [0.2, 0.25) is 0 Å². The highest BCUT2D eigenvalue weighted by Gasteiger charge is 2.28. The summed E-state index contributed by atoms with van der Waals surface area (Å²) in [5.41, 5.74) is 1.19. The quantitative estimate of drug-likeness (QED) is 0.734. The van der Waals surface area contributed by atoms with Crippen LogP contribution in [0, 0.1) is 0 Å². The molecule has 0 bridgehead atoms. The second kappa shape index (κ2) is 5.12. The summed E-state index contributed by atoms with van der Waals surface area (Å²) in [6, 6.07) is 10.1. The van der Waals surface area contributed by atoms with Crippen molar-refractivity contribution in [2.75, 3.05) is 7.11 Å². The van der Waals surface area contributed by atoms with Crippen molar-refractivity contribution in [3.8, 4) is 0 Å². The number of methoxy groups -OCH3 is 1. The largest absolute Gasteiger partial charge is 0.469 e. The molecule has 0 amide bonds. The first-order valence-electron chi connectivity index (χ1n) is 5.57. The van der Waals surface area contributed by atoms with Gasteiger partial charge < -0.3 is 9.47 Å². The van der Waals surface area contributed by atoms with Gasteiger partial charge in [0, 0.05) is 0 Å². The van der Waals surface area contributed by atoms with E-state index in [0.717, 1.165) is 12.8 Å². The summed E-state index contributed by atoms with van der Waals surface area (Å²) in [4.78, 5) is 11.1. The van der Waals surface area contributed by atoms with Crippen LogP contribution in [0.2, 0.25) is 0 Å². The molecule has 2 rings (SSSR count). The predicted octanol–water partition coefficient (Wildman–Crippen LogP) is 2.47. The van der Waals surface area contributed by atoms with Crippen molar-refractivity contribution in [3.05, 3.63) is 35.9 Å². The Balaban J connectivity index is 1.91. The second-order valence-corrected chi connectivity index (χ2v) is 4.02. The minimum atomic E-state index is -0.196. The Bertz CT molecular complexity index is 347. The van der Waals surface area contributed by atoms with Gasteiger partial charge in [-0.2, -0.15) is 0 Å². The molecular weight excluding hydrogens is 204 g/mol. The molecular formula is C13H16O3. The highest BCUT2D eigenvalue weighted by atomic mass is 16.5. The third-order valence-electron chi connectivity index (χ3n) is 2.90.